The van der Waals surface area contributed by atoms with Gasteiger partial charge in [0.2, 0.25) is 5.91 Å². The van der Waals surface area contributed by atoms with Crippen molar-refractivity contribution in [2.45, 2.75) is 30.7 Å². The molecule has 7 rings (SSSR count). The first-order chi connectivity index (χ1) is 17.6. The summed E-state index contributed by atoms with van der Waals surface area (Å²) in [5.74, 6) is 0.487. The molecule has 0 aromatic heterocycles. The third-order valence-electron chi connectivity index (χ3n) is 8.00. The first-order valence-corrected chi connectivity index (χ1v) is 13.9. The first-order valence-electron chi connectivity index (χ1n) is 12.5. The van der Waals surface area contributed by atoms with E-state index in [9.17, 15) is 14.4 Å². The normalized spacial score (nSPS) is 22.1. The van der Waals surface area contributed by atoms with Crippen LogP contribution in [0, 0.1) is 5.92 Å². The minimum absolute atomic E-state index is 0.228. The number of hydrogen-bond acceptors (Lipinski definition) is 4. The molecule has 1 aliphatic heterocycles. The highest BCUT2D eigenvalue weighted by molar-refractivity contribution is 7.98. The van der Waals surface area contributed by atoms with Gasteiger partial charge in [-0.15, -0.1) is 0 Å². The summed E-state index contributed by atoms with van der Waals surface area (Å²) in [6.07, 6.45) is 3.37. The number of rotatable bonds is 7. The number of carbonyl (C=O) groups excluding carboxylic acids is 3. The van der Waals surface area contributed by atoms with Crippen LogP contribution in [-0.2, 0) is 4.79 Å². The lowest BCUT2D eigenvalue weighted by Gasteiger charge is -2.45. The summed E-state index contributed by atoms with van der Waals surface area (Å²) in [6, 6.07) is 23.3. The Labute approximate surface area is 215 Å². The predicted molar refractivity (Wildman–Crippen MR) is 141 cm³/mol. The number of amides is 3. The third kappa shape index (κ3) is 3.58. The molecule has 0 radical (unpaired) electrons. The van der Waals surface area contributed by atoms with Gasteiger partial charge in [-0.1, -0.05) is 60.7 Å². The van der Waals surface area contributed by atoms with Crippen molar-refractivity contribution in [1.29, 1.82) is 0 Å². The van der Waals surface area contributed by atoms with Crippen molar-refractivity contribution in [3.63, 3.8) is 0 Å². The van der Waals surface area contributed by atoms with Gasteiger partial charge in [-0.05, 0) is 65.2 Å². The molecule has 1 N–H and O–H groups in total. The number of hydrogen-bond donors (Lipinski definition) is 1. The summed E-state index contributed by atoms with van der Waals surface area (Å²) in [7, 11) is 0. The molecule has 3 aromatic rings. The molecule has 3 aromatic carbocycles. The summed E-state index contributed by atoms with van der Waals surface area (Å²) in [4.78, 5) is 41.0. The molecule has 5 nitrogen and oxygen atoms in total. The SMILES string of the molecule is CSCC[C@@H](C(=O)NC[C@@H]1CC2c3ccccc3C1c1ccccc12)N1C(=O)c2ccccc2C1=O. The lowest BCUT2D eigenvalue weighted by molar-refractivity contribution is -0.125. The Bertz CT molecular complexity index is 1290. The maximum atomic E-state index is 13.6. The van der Waals surface area contributed by atoms with E-state index in [0.29, 0.717) is 35.8 Å². The van der Waals surface area contributed by atoms with E-state index in [2.05, 4.69) is 53.8 Å². The van der Waals surface area contributed by atoms with Crippen LogP contribution in [0.25, 0.3) is 0 Å². The zero-order valence-corrected chi connectivity index (χ0v) is 21.0. The predicted octanol–water partition coefficient (Wildman–Crippen LogP) is 4.82. The smallest absolute Gasteiger partial charge is 0.262 e. The van der Waals surface area contributed by atoms with Crippen molar-refractivity contribution in [3.05, 3.63) is 106 Å². The number of carbonyl (C=O) groups is 3. The summed E-state index contributed by atoms with van der Waals surface area (Å²) < 4.78 is 0. The van der Waals surface area contributed by atoms with E-state index >= 15 is 0 Å². The van der Waals surface area contributed by atoms with Gasteiger partial charge in [0.1, 0.15) is 6.04 Å². The molecular weight excluding hydrogens is 468 g/mol. The molecule has 1 heterocycles. The standard InChI is InChI=1S/C30H28N2O3S/c1-36-15-14-26(32-29(34)23-12-6-7-13-24(23)30(32)35)28(33)31-17-18-16-25-19-8-2-4-10-21(19)27(18)22-11-5-3-9-20(22)25/h2-13,18,25-27H,14-17H2,1H3,(H,31,33)/t18-,25?,26-,27?/m0/s1. The second kappa shape index (κ2) is 9.25. The van der Waals surface area contributed by atoms with Crippen molar-refractivity contribution < 1.29 is 14.4 Å². The second-order valence-corrected chi connectivity index (χ2v) is 10.8. The van der Waals surface area contributed by atoms with Crippen LogP contribution < -0.4 is 5.32 Å². The van der Waals surface area contributed by atoms with Crippen molar-refractivity contribution in [3.8, 4) is 0 Å². The van der Waals surface area contributed by atoms with Crippen LogP contribution in [0.2, 0.25) is 0 Å². The molecule has 2 atom stereocenters. The zero-order chi connectivity index (χ0) is 24.8. The summed E-state index contributed by atoms with van der Waals surface area (Å²) in [6.45, 7) is 0.515. The van der Waals surface area contributed by atoms with E-state index in [4.69, 9.17) is 0 Å². The van der Waals surface area contributed by atoms with Crippen LogP contribution in [0.4, 0.5) is 0 Å². The summed E-state index contributed by atoms with van der Waals surface area (Å²) in [5.41, 5.74) is 6.25. The average molecular weight is 497 g/mol. The van der Waals surface area contributed by atoms with Crippen molar-refractivity contribution in [2.75, 3.05) is 18.6 Å². The maximum Gasteiger partial charge on any atom is 0.262 e. The van der Waals surface area contributed by atoms with Crippen LogP contribution in [-0.4, -0.2) is 47.2 Å². The molecular formula is C30H28N2O3S. The van der Waals surface area contributed by atoms with Crippen molar-refractivity contribution >= 4 is 29.5 Å². The highest BCUT2D eigenvalue weighted by atomic mass is 32.2. The van der Waals surface area contributed by atoms with Gasteiger partial charge in [0.25, 0.3) is 11.8 Å². The number of thioether (sulfide) groups is 1. The number of fused-ring (bicyclic) bond motifs is 2. The largest absolute Gasteiger partial charge is 0.354 e. The first kappa shape index (κ1) is 23.0. The number of nitrogens with zero attached hydrogens (tertiary/aromatic N) is 1. The fourth-order valence-electron chi connectivity index (χ4n) is 6.41. The Balaban J connectivity index is 1.24. The molecule has 0 fully saturated rings. The molecule has 0 unspecified atom stereocenters. The number of benzene rings is 3. The fourth-order valence-corrected chi connectivity index (χ4v) is 6.87. The molecule has 4 aliphatic rings. The Morgan fingerprint density at radius 3 is 1.97 bits per heavy atom. The molecule has 0 saturated carbocycles. The van der Waals surface area contributed by atoms with E-state index in [1.54, 1.807) is 36.0 Å². The quantitative estimate of drug-likeness (QED) is 0.477. The van der Waals surface area contributed by atoms with Gasteiger partial charge in [0.05, 0.1) is 11.1 Å². The molecule has 3 amide bonds. The topological polar surface area (TPSA) is 66.5 Å². The molecule has 2 bridgehead atoms. The Morgan fingerprint density at radius 2 is 1.42 bits per heavy atom. The minimum Gasteiger partial charge on any atom is -0.354 e. The van der Waals surface area contributed by atoms with Crippen LogP contribution in [0.1, 0.15) is 67.6 Å². The highest BCUT2D eigenvalue weighted by Gasteiger charge is 2.45. The Kier molecular flexibility index (Phi) is 5.92. The summed E-state index contributed by atoms with van der Waals surface area (Å²) >= 11 is 1.60. The van der Waals surface area contributed by atoms with Crippen LogP contribution in [0.5, 0.6) is 0 Å². The number of imide groups is 1. The van der Waals surface area contributed by atoms with Crippen LogP contribution >= 0.6 is 11.8 Å². The third-order valence-corrected chi connectivity index (χ3v) is 8.64. The van der Waals surface area contributed by atoms with E-state index in [1.165, 1.54) is 27.2 Å². The Hall–Kier alpha value is -3.38. The van der Waals surface area contributed by atoms with Crippen molar-refractivity contribution in [2.24, 2.45) is 5.92 Å². The zero-order valence-electron chi connectivity index (χ0n) is 20.1. The van der Waals surface area contributed by atoms with Gasteiger partial charge in [-0.25, -0.2) is 0 Å². The number of nitrogens with one attached hydrogen (secondary N) is 1. The summed E-state index contributed by atoms with van der Waals surface area (Å²) in [5, 5.41) is 3.16. The van der Waals surface area contributed by atoms with Gasteiger partial charge in [-0.3, -0.25) is 19.3 Å². The Morgan fingerprint density at radius 1 is 0.889 bits per heavy atom. The monoisotopic (exact) mass is 496 g/mol. The van der Waals surface area contributed by atoms with Gasteiger partial charge in [-0.2, -0.15) is 11.8 Å². The van der Waals surface area contributed by atoms with E-state index in [0.717, 1.165) is 6.42 Å². The molecule has 0 saturated heterocycles. The minimum atomic E-state index is -0.815. The van der Waals surface area contributed by atoms with Crippen LogP contribution in [0.3, 0.4) is 0 Å². The van der Waals surface area contributed by atoms with E-state index in [1.807, 2.05) is 6.26 Å². The van der Waals surface area contributed by atoms with Gasteiger partial charge in [0, 0.05) is 18.4 Å². The second-order valence-electron chi connectivity index (χ2n) is 9.85. The maximum absolute atomic E-state index is 13.6. The lowest BCUT2D eigenvalue weighted by atomic mass is 9.59. The molecule has 6 heteroatoms. The highest BCUT2D eigenvalue weighted by Crippen LogP contribution is 2.55. The fraction of sp³-hybridized carbons (Fsp3) is 0.300. The van der Waals surface area contributed by atoms with Gasteiger partial charge < -0.3 is 5.32 Å². The van der Waals surface area contributed by atoms with E-state index < -0.39 is 6.04 Å². The van der Waals surface area contributed by atoms with Gasteiger partial charge in [0.15, 0.2) is 0 Å². The van der Waals surface area contributed by atoms with Gasteiger partial charge >= 0.3 is 0 Å². The van der Waals surface area contributed by atoms with Crippen LogP contribution in [0.15, 0.2) is 72.8 Å². The average Bonchev–Trinajstić information content (AvgIpc) is 3.17. The molecule has 182 valence electrons. The van der Waals surface area contributed by atoms with Crippen molar-refractivity contribution in [1.82, 2.24) is 10.2 Å². The lowest BCUT2D eigenvalue weighted by Crippen LogP contribution is -2.51. The van der Waals surface area contributed by atoms with E-state index in [-0.39, 0.29) is 29.6 Å². The molecule has 3 aliphatic carbocycles. The molecule has 36 heavy (non-hydrogen) atoms. The molecule has 0 spiro atoms.